The molecule has 0 saturated heterocycles. The van der Waals surface area contributed by atoms with E-state index in [0.717, 1.165) is 10.9 Å². The van der Waals surface area contributed by atoms with Crippen LogP contribution in [-0.2, 0) is 4.79 Å². The van der Waals surface area contributed by atoms with Crippen molar-refractivity contribution in [3.63, 3.8) is 0 Å². The van der Waals surface area contributed by atoms with E-state index >= 15 is 0 Å². The normalized spacial score (nSPS) is 11.5. The lowest BCUT2D eigenvalue weighted by Crippen LogP contribution is -2.25. The monoisotopic (exact) mass is 377 g/mol. The van der Waals surface area contributed by atoms with Gasteiger partial charge in [-0.3, -0.25) is 20.3 Å². The number of hydrogen-bond donors (Lipinski definition) is 2. The molecular formula is C18H15N7O3. The summed E-state index contributed by atoms with van der Waals surface area (Å²) in [6.45, 7) is 1.52. The van der Waals surface area contributed by atoms with Gasteiger partial charge in [-0.05, 0) is 36.8 Å². The summed E-state index contributed by atoms with van der Waals surface area (Å²) in [5.74, 6) is -0.0313. The number of amides is 1. The minimum absolute atomic E-state index is 0.0208. The highest BCUT2D eigenvalue weighted by molar-refractivity contribution is 6.38. The molecule has 0 saturated carbocycles. The smallest absolute Gasteiger partial charge is 0.266 e. The second-order valence-corrected chi connectivity index (χ2v) is 5.60. The van der Waals surface area contributed by atoms with Gasteiger partial charge in [0.15, 0.2) is 5.82 Å². The van der Waals surface area contributed by atoms with Crippen LogP contribution in [-0.4, -0.2) is 32.7 Å². The Balaban J connectivity index is 1.61. The van der Waals surface area contributed by atoms with E-state index in [-0.39, 0.29) is 11.4 Å². The van der Waals surface area contributed by atoms with Gasteiger partial charge in [0.05, 0.1) is 16.7 Å². The van der Waals surface area contributed by atoms with Crippen LogP contribution in [0, 0.1) is 10.1 Å². The molecule has 1 amide bonds. The predicted octanol–water partition coefficient (Wildman–Crippen LogP) is 2.48. The molecule has 0 radical (unpaired) electrons. The highest BCUT2D eigenvalue weighted by atomic mass is 16.6. The van der Waals surface area contributed by atoms with Crippen molar-refractivity contribution < 1.29 is 9.72 Å². The van der Waals surface area contributed by atoms with Crippen molar-refractivity contribution in [3.05, 3.63) is 70.5 Å². The molecule has 0 aliphatic rings. The lowest BCUT2D eigenvalue weighted by atomic mass is 10.2. The average Bonchev–Trinajstić information content (AvgIpc) is 2.72. The number of fused-ring (bicyclic) bond motifs is 1. The summed E-state index contributed by atoms with van der Waals surface area (Å²) >= 11 is 0. The van der Waals surface area contributed by atoms with Gasteiger partial charge in [-0.15, -0.1) is 0 Å². The zero-order valence-electron chi connectivity index (χ0n) is 14.7. The molecular weight excluding hydrogens is 362 g/mol. The van der Waals surface area contributed by atoms with E-state index in [1.807, 2.05) is 24.3 Å². The number of nitrogens with zero attached hydrogens (tertiary/aromatic N) is 5. The van der Waals surface area contributed by atoms with E-state index in [0.29, 0.717) is 11.4 Å². The third kappa shape index (κ3) is 4.49. The first-order valence-corrected chi connectivity index (χ1v) is 8.12. The minimum atomic E-state index is -0.510. The van der Waals surface area contributed by atoms with Crippen molar-refractivity contribution in [2.45, 2.75) is 6.92 Å². The molecule has 0 aliphatic heterocycles. The van der Waals surface area contributed by atoms with Crippen LogP contribution < -0.4 is 10.9 Å². The third-order valence-electron chi connectivity index (χ3n) is 3.68. The SMILES string of the molecule is CC(=NNc1ncnc2ccccc12)C(=O)NN=Cc1ccc([N+](=O)[O-])cc1. The molecule has 0 unspecified atom stereocenters. The summed E-state index contributed by atoms with van der Waals surface area (Å²) in [4.78, 5) is 30.4. The number of rotatable bonds is 6. The van der Waals surface area contributed by atoms with Crippen molar-refractivity contribution in [2.24, 2.45) is 10.2 Å². The standard InChI is InChI=1S/C18H15N7O3/c1-12(22-23-17-15-4-2-3-5-16(15)19-11-20-17)18(26)24-21-10-13-6-8-14(9-7-13)25(27)28/h2-11H,1H3,(H,24,26)(H,19,20,23). The zero-order valence-corrected chi connectivity index (χ0v) is 14.7. The number of para-hydroxylation sites is 1. The average molecular weight is 377 g/mol. The molecule has 2 aromatic carbocycles. The number of hydrogen-bond acceptors (Lipinski definition) is 8. The Bertz CT molecular complexity index is 1070. The van der Waals surface area contributed by atoms with Crippen molar-refractivity contribution in [1.29, 1.82) is 0 Å². The predicted molar refractivity (Wildman–Crippen MR) is 105 cm³/mol. The Morgan fingerprint density at radius 2 is 1.89 bits per heavy atom. The molecule has 1 heterocycles. The van der Waals surface area contributed by atoms with Gasteiger partial charge in [-0.1, -0.05) is 12.1 Å². The molecule has 0 spiro atoms. The Kier molecular flexibility index (Phi) is 5.60. The second kappa shape index (κ2) is 8.45. The maximum atomic E-state index is 12.0. The van der Waals surface area contributed by atoms with E-state index in [1.54, 1.807) is 0 Å². The van der Waals surface area contributed by atoms with Gasteiger partial charge in [0.2, 0.25) is 0 Å². The summed E-state index contributed by atoms with van der Waals surface area (Å²) in [6.07, 6.45) is 2.78. The Hall–Kier alpha value is -4.21. The van der Waals surface area contributed by atoms with Gasteiger partial charge in [0.25, 0.3) is 11.6 Å². The summed E-state index contributed by atoms with van der Waals surface area (Å²) in [5.41, 5.74) is 6.57. The second-order valence-electron chi connectivity index (χ2n) is 5.60. The third-order valence-corrected chi connectivity index (χ3v) is 3.68. The van der Waals surface area contributed by atoms with Crippen LogP contribution in [0.4, 0.5) is 11.5 Å². The highest BCUT2D eigenvalue weighted by Gasteiger charge is 2.07. The maximum Gasteiger partial charge on any atom is 0.287 e. The molecule has 0 fully saturated rings. The number of aromatic nitrogens is 2. The number of benzene rings is 2. The fraction of sp³-hybridized carbons (Fsp3) is 0.0556. The van der Waals surface area contributed by atoms with Gasteiger partial charge in [0, 0.05) is 17.5 Å². The molecule has 3 rings (SSSR count). The van der Waals surface area contributed by atoms with E-state index < -0.39 is 10.8 Å². The van der Waals surface area contributed by atoms with E-state index in [1.165, 1.54) is 43.7 Å². The number of anilines is 1. The minimum Gasteiger partial charge on any atom is -0.266 e. The van der Waals surface area contributed by atoms with Crippen LogP contribution in [0.5, 0.6) is 0 Å². The number of hydrazone groups is 2. The van der Waals surface area contributed by atoms with Crippen molar-refractivity contribution in [3.8, 4) is 0 Å². The maximum absolute atomic E-state index is 12.0. The van der Waals surface area contributed by atoms with Crippen LogP contribution in [0.3, 0.4) is 0 Å². The molecule has 1 aromatic heterocycles. The Labute approximate surface area is 159 Å². The lowest BCUT2D eigenvalue weighted by molar-refractivity contribution is -0.384. The van der Waals surface area contributed by atoms with Crippen LogP contribution >= 0.6 is 0 Å². The lowest BCUT2D eigenvalue weighted by Gasteiger charge is -2.04. The topological polar surface area (TPSA) is 135 Å². The first kappa shape index (κ1) is 18.6. The number of nitrogens with one attached hydrogen (secondary N) is 2. The summed E-state index contributed by atoms with van der Waals surface area (Å²) < 4.78 is 0. The van der Waals surface area contributed by atoms with Gasteiger partial charge in [0.1, 0.15) is 12.0 Å². The number of nitro groups is 1. The highest BCUT2D eigenvalue weighted by Crippen LogP contribution is 2.18. The van der Waals surface area contributed by atoms with Crippen molar-refractivity contribution in [1.82, 2.24) is 15.4 Å². The molecule has 140 valence electrons. The van der Waals surface area contributed by atoms with E-state index in [2.05, 4.69) is 31.0 Å². The first-order valence-electron chi connectivity index (χ1n) is 8.12. The van der Waals surface area contributed by atoms with Gasteiger partial charge in [-0.2, -0.15) is 10.2 Å². The summed E-state index contributed by atoms with van der Waals surface area (Å²) in [6, 6.07) is 13.2. The number of carbonyl (C=O) groups is 1. The fourth-order valence-corrected chi connectivity index (χ4v) is 2.21. The largest absolute Gasteiger partial charge is 0.287 e. The molecule has 10 nitrogen and oxygen atoms in total. The quantitative estimate of drug-likeness (QED) is 0.385. The molecule has 0 atom stereocenters. The molecule has 28 heavy (non-hydrogen) atoms. The molecule has 10 heteroatoms. The summed E-state index contributed by atoms with van der Waals surface area (Å²) in [7, 11) is 0. The molecule has 3 aromatic rings. The van der Waals surface area contributed by atoms with Crippen LogP contribution in [0.1, 0.15) is 12.5 Å². The first-order chi connectivity index (χ1) is 13.5. The Morgan fingerprint density at radius 3 is 2.64 bits per heavy atom. The molecule has 2 N–H and O–H groups in total. The van der Waals surface area contributed by atoms with Crippen molar-refractivity contribution in [2.75, 3.05) is 5.43 Å². The number of nitro benzene ring substituents is 1. The van der Waals surface area contributed by atoms with Gasteiger partial charge < -0.3 is 0 Å². The van der Waals surface area contributed by atoms with Gasteiger partial charge in [-0.25, -0.2) is 15.4 Å². The number of non-ortho nitro benzene ring substituents is 1. The number of carbonyl (C=O) groups excluding carboxylic acids is 1. The zero-order chi connectivity index (χ0) is 19.9. The van der Waals surface area contributed by atoms with Crippen LogP contribution in [0.25, 0.3) is 10.9 Å². The van der Waals surface area contributed by atoms with Gasteiger partial charge >= 0.3 is 0 Å². The molecule has 0 bridgehead atoms. The van der Waals surface area contributed by atoms with Crippen LogP contribution in [0.15, 0.2) is 65.1 Å². The van der Waals surface area contributed by atoms with E-state index in [9.17, 15) is 14.9 Å². The molecule has 0 aliphatic carbocycles. The fourth-order valence-electron chi connectivity index (χ4n) is 2.21. The van der Waals surface area contributed by atoms with Crippen LogP contribution in [0.2, 0.25) is 0 Å². The summed E-state index contributed by atoms with van der Waals surface area (Å²) in [5, 5.41) is 19.2. The Morgan fingerprint density at radius 1 is 1.14 bits per heavy atom. The van der Waals surface area contributed by atoms with E-state index in [4.69, 9.17) is 0 Å². The van der Waals surface area contributed by atoms with Crippen molar-refractivity contribution >= 4 is 40.2 Å².